The Bertz CT molecular complexity index is 1020. The van der Waals surface area contributed by atoms with Gasteiger partial charge in [0.15, 0.2) is 0 Å². The summed E-state index contributed by atoms with van der Waals surface area (Å²) in [5.74, 6) is -1.38. The summed E-state index contributed by atoms with van der Waals surface area (Å²) in [4.78, 5) is 10.8. The van der Waals surface area contributed by atoms with Crippen LogP contribution in [0.15, 0.2) is 66.3 Å². The van der Waals surface area contributed by atoms with Gasteiger partial charge in [0.25, 0.3) is 0 Å². The monoisotopic (exact) mass is 422 g/mol. The first kappa shape index (κ1) is 21.5. The second-order valence-electron chi connectivity index (χ2n) is 8.54. The minimum atomic E-state index is -1.11. The fraction of sp³-hybridized carbons (Fsp3) is 0.346. The van der Waals surface area contributed by atoms with Crippen molar-refractivity contribution in [3.63, 3.8) is 0 Å². The lowest BCUT2D eigenvalue weighted by Gasteiger charge is -2.28. The summed E-state index contributed by atoms with van der Waals surface area (Å²) in [5.41, 5.74) is 5.34. The maximum absolute atomic E-state index is 13.6. The number of halogens is 1. The number of hydrogen-bond donors (Lipinski definition) is 3. The summed E-state index contributed by atoms with van der Waals surface area (Å²) >= 11 is 0. The SMILES string of the molecule is O=C(O)C[C@H](O)C[C@H](O)/C=C/C1=C(c2ccc(F)cc2)c2ccccc2C12CCCC2. The molecule has 0 aliphatic heterocycles. The summed E-state index contributed by atoms with van der Waals surface area (Å²) in [6.07, 6.45) is 5.31. The number of aliphatic carboxylic acids is 1. The zero-order chi connectivity index (χ0) is 22.0. The lowest BCUT2D eigenvalue weighted by molar-refractivity contribution is -0.139. The van der Waals surface area contributed by atoms with Crippen molar-refractivity contribution in [3.05, 3.63) is 88.8 Å². The fourth-order valence-electron chi connectivity index (χ4n) is 5.19. The van der Waals surface area contributed by atoms with Gasteiger partial charge < -0.3 is 15.3 Å². The van der Waals surface area contributed by atoms with Crippen LogP contribution in [0.1, 0.15) is 55.2 Å². The van der Waals surface area contributed by atoms with Gasteiger partial charge in [0.2, 0.25) is 0 Å². The van der Waals surface area contributed by atoms with Gasteiger partial charge in [-0.3, -0.25) is 4.79 Å². The third kappa shape index (κ3) is 4.21. The molecular formula is C26H27FO4. The van der Waals surface area contributed by atoms with E-state index in [1.165, 1.54) is 17.7 Å². The summed E-state index contributed by atoms with van der Waals surface area (Å²) in [6.45, 7) is 0. The van der Waals surface area contributed by atoms with Crippen molar-refractivity contribution in [2.75, 3.05) is 0 Å². The molecule has 2 aliphatic carbocycles. The van der Waals surface area contributed by atoms with E-state index in [1.54, 1.807) is 18.2 Å². The van der Waals surface area contributed by atoms with Crippen molar-refractivity contribution < 1.29 is 24.5 Å². The van der Waals surface area contributed by atoms with Crippen molar-refractivity contribution in [2.45, 2.75) is 56.1 Å². The van der Waals surface area contributed by atoms with E-state index in [0.717, 1.165) is 48.0 Å². The number of fused-ring (bicyclic) bond motifs is 2. The zero-order valence-electron chi connectivity index (χ0n) is 17.3. The molecule has 2 atom stereocenters. The van der Waals surface area contributed by atoms with E-state index in [1.807, 2.05) is 18.2 Å². The molecule has 2 aromatic carbocycles. The van der Waals surface area contributed by atoms with Crippen LogP contribution in [0.2, 0.25) is 0 Å². The van der Waals surface area contributed by atoms with Gasteiger partial charge in [-0.1, -0.05) is 61.4 Å². The van der Waals surface area contributed by atoms with Crippen molar-refractivity contribution in [3.8, 4) is 0 Å². The molecule has 1 fully saturated rings. The summed E-state index contributed by atoms with van der Waals surface area (Å²) in [7, 11) is 0. The Morgan fingerprint density at radius 3 is 2.42 bits per heavy atom. The molecule has 0 saturated heterocycles. The number of carboxylic acids is 1. The highest BCUT2D eigenvalue weighted by Gasteiger charge is 2.45. The predicted molar refractivity (Wildman–Crippen MR) is 117 cm³/mol. The average molecular weight is 422 g/mol. The first-order chi connectivity index (χ1) is 14.9. The lowest BCUT2D eigenvalue weighted by atomic mass is 9.75. The van der Waals surface area contributed by atoms with E-state index < -0.39 is 24.6 Å². The molecule has 5 heteroatoms. The highest BCUT2D eigenvalue weighted by molar-refractivity contribution is 5.91. The molecule has 0 aromatic heterocycles. The van der Waals surface area contributed by atoms with E-state index in [4.69, 9.17) is 5.11 Å². The lowest BCUT2D eigenvalue weighted by Crippen LogP contribution is -2.22. The molecule has 2 aliphatic rings. The second kappa shape index (κ2) is 8.77. The van der Waals surface area contributed by atoms with Crippen molar-refractivity contribution in [1.82, 2.24) is 0 Å². The molecule has 0 radical (unpaired) electrons. The molecule has 31 heavy (non-hydrogen) atoms. The standard InChI is InChI=1S/C26H27FO4/c27-18-9-7-17(8-10-18)25-21-5-1-2-6-22(21)26(13-3-4-14-26)23(25)12-11-19(28)15-20(29)16-24(30)31/h1-2,5-12,19-20,28-29H,3-4,13-16H2,(H,30,31)/b12-11+/t19-,20-/m1/s1. The summed E-state index contributed by atoms with van der Waals surface area (Å²) in [5, 5.41) is 29.1. The van der Waals surface area contributed by atoms with Crippen molar-refractivity contribution in [1.29, 1.82) is 0 Å². The van der Waals surface area contributed by atoms with Gasteiger partial charge in [0.1, 0.15) is 5.82 Å². The van der Waals surface area contributed by atoms with Gasteiger partial charge >= 0.3 is 5.97 Å². The molecule has 4 rings (SSSR count). The van der Waals surface area contributed by atoms with E-state index in [-0.39, 0.29) is 17.7 Å². The van der Waals surface area contributed by atoms with Gasteiger partial charge in [-0.15, -0.1) is 0 Å². The van der Waals surface area contributed by atoms with E-state index >= 15 is 0 Å². The Kier molecular flexibility index (Phi) is 6.08. The Balaban J connectivity index is 1.76. The number of hydrogen-bond acceptors (Lipinski definition) is 3. The Hall–Kier alpha value is -2.76. The predicted octanol–water partition coefficient (Wildman–Crippen LogP) is 4.60. The van der Waals surface area contributed by atoms with Crippen molar-refractivity contribution in [2.24, 2.45) is 0 Å². The maximum atomic E-state index is 13.6. The largest absolute Gasteiger partial charge is 0.481 e. The number of aliphatic hydroxyl groups is 2. The average Bonchev–Trinajstić information content (AvgIpc) is 3.31. The Morgan fingerprint density at radius 1 is 1.06 bits per heavy atom. The molecule has 2 aromatic rings. The van der Waals surface area contributed by atoms with E-state index in [9.17, 15) is 19.4 Å². The molecule has 0 amide bonds. The van der Waals surface area contributed by atoms with Crippen LogP contribution in [0, 0.1) is 5.82 Å². The van der Waals surface area contributed by atoms with Gasteiger partial charge in [0, 0.05) is 11.8 Å². The zero-order valence-corrected chi connectivity index (χ0v) is 17.3. The van der Waals surface area contributed by atoms with Crippen LogP contribution in [-0.4, -0.2) is 33.5 Å². The minimum Gasteiger partial charge on any atom is -0.481 e. The number of allylic oxidation sites excluding steroid dienone is 2. The van der Waals surface area contributed by atoms with Crippen LogP contribution in [0.4, 0.5) is 4.39 Å². The molecule has 4 nitrogen and oxygen atoms in total. The van der Waals surface area contributed by atoms with Crippen molar-refractivity contribution >= 4 is 11.5 Å². The molecule has 1 saturated carbocycles. The summed E-state index contributed by atoms with van der Waals surface area (Å²) < 4.78 is 13.6. The summed E-state index contributed by atoms with van der Waals surface area (Å²) in [6, 6.07) is 14.8. The van der Waals surface area contributed by atoms with Gasteiger partial charge in [-0.2, -0.15) is 0 Å². The molecule has 1 spiro atoms. The fourth-order valence-corrected chi connectivity index (χ4v) is 5.19. The number of benzene rings is 2. The van der Waals surface area contributed by atoms with Crippen LogP contribution in [0.25, 0.3) is 5.57 Å². The van der Waals surface area contributed by atoms with E-state index in [2.05, 4.69) is 12.1 Å². The molecule has 0 heterocycles. The van der Waals surface area contributed by atoms with Crippen LogP contribution in [0.5, 0.6) is 0 Å². The minimum absolute atomic E-state index is 0.0398. The van der Waals surface area contributed by atoms with Crippen LogP contribution < -0.4 is 0 Å². The van der Waals surface area contributed by atoms with Crippen LogP contribution >= 0.6 is 0 Å². The number of carbonyl (C=O) groups is 1. The number of carboxylic acid groups (broad SMARTS) is 1. The Morgan fingerprint density at radius 2 is 1.74 bits per heavy atom. The molecule has 0 unspecified atom stereocenters. The molecule has 3 N–H and O–H groups in total. The molecule has 0 bridgehead atoms. The van der Waals surface area contributed by atoms with Gasteiger partial charge in [-0.05, 0) is 52.8 Å². The maximum Gasteiger partial charge on any atom is 0.305 e. The normalized spacial score (nSPS) is 19.2. The highest BCUT2D eigenvalue weighted by Crippen LogP contribution is 2.57. The first-order valence-corrected chi connectivity index (χ1v) is 10.8. The first-order valence-electron chi connectivity index (χ1n) is 10.8. The van der Waals surface area contributed by atoms with Crippen LogP contribution in [-0.2, 0) is 10.2 Å². The van der Waals surface area contributed by atoms with Gasteiger partial charge in [-0.25, -0.2) is 4.39 Å². The molecule has 162 valence electrons. The highest BCUT2D eigenvalue weighted by atomic mass is 19.1. The quantitative estimate of drug-likeness (QED) is 0.610. The number of rotatable bonds is 7. The van der Waals surface area contributed by atoms with Crippen LogP contribution in [0.3, 0.4) is 0 Å². The smallest absolute Gasteiger partial charge is 0.305 e. The van der Waals surface area contributed by atoms with E-state index in [0.29, 0.717) is 0 Å². The molecular weight excluding hydrogens is 395 g/mol. The third-order valence-electron chi connectivity index (χ3n) is 6.50. The van der Waals surface area contributed by atoms with Gasteiger partial charge in [0.05, 0.1) is 18.6 Å². The number of aliphatic hydroxyl groups excluding tert-OH is 2. The third-order valence-corrected chi connectivity index (χ3v) is 6.50. The Labute approximate surface area is 181 Å². The topological polar surface area (TPSA) is 77.8 Å². The second-order valence-corrected chi connectivity index (χ2v) is 8.54.